The summed E-state index contributed by atoms with van der Waals surface area (Å²) in [5, 5.41) is 40.4. The smallest absolute Gasteiger partial charge is 0.832 e. The Hall–Kier alpha value is -0.388. The van der Waals surface area contributed by atoms with Crippen LogP contribution in [-0.2, 0) is 0 Å². The average Bonchev–Trinajstić information content (AvgIpc) is 2.13. The van der Waals surface area contributed by atoms with Crippen molar-refractivity contribution >= 4 is 36.5 Å². The molecule has 0 atom stereocenters. The van der Waals surface area contributed by atoms with Gasteiger partial charge in [-0.15, -0.1) is 0 Å². The van der Waals surface area contributed by atoms with Crippen LogP contribution in [0.1, 0.15) is 10.4 Å². The number of aromatic hydroxyl groups is 1. The van der Waals surface area contributed by atoms with E-state index in [0.29, 0.717) is 0 Å². The van der Waals surface area contributed by atoms with Crippen LogP contribution in [0.25, 0.3) is 0 Å². The van der Waals surface area contributed by atoms with Crippen LogP contribution in [0.5, 0.6) is 5.75 Å². The van der Waals surface area contributed by atoms with E-state index in [9.17, 15) is 4.79 Å². The normalized spacial score (nSPS) is 8.53. The Bertz CT molecular complexity index is 386. The maximum Gasteiger partial charge on any atom is 1.00 e. The molecule has 4 N–H and O–H groups in total. The SMILES string of the molecule is O=C(O)c1ccc(Cl)c(Cl)c1O.[Li+].[O-]B(O)O. The fraction of sp³-hybridized carbons (Fsp3) is 0. The van der Waals surface area contributed by atoms with Crippen molar-refractivity contribution in [3.05, 3.63) is 27.7 Å². The molecule has 10 heteroatoms. The number of carboxylic acid groups (broad SMARTS) is 1. The number of carboxylic acids is 1. The maximum absolute atomic E-state index is 10.4. The van der Waals surface area contributed by atoms with Gasteiger partial charge in [0.05, 0.1) is 5.02 Å². The molecule has 0 spiro atoms. The van der Waals surface area contributed by atoms with Crippen LogP contribution in [0.15, 0.2) is 12.1 Å². The molecule has 0 aliphatic heterocycles. The zero-order valence-corrected chi connectivity index (χ0v) is 10.1. The van der Waals surface area contributed by atoms with Gasteiger partial charge in [0.25, 0.3) is 0 Å². The molecule has 0 heterocycles. The summed E-state index contributed by atoms with van der Waals surface area (Å²) in [5.74, 6) is -1.75. The van der Waals surface area contributed by atoms with E-state index in [0.717, 1.165) is 0 Å². The number of aromatic carboxylic acids is 1. The first-order valence-corrected chi connectivity index (χ1v) is 4.45. The Labute approximate surface area is 119 Å². The number of benzene rings is 1. The van der Waals surface area contributed by atoms with Crippen LogP contribution < -0.4 is 23.9 Å². The standard InChI is InChI=1S/C7H4Cl2O3.BH2O3.Li/c8-4-2-1-3(7(11)12)6(10)5(4)9;2-1(3)4;/h1-2,10H,(H,11,12);2-3H;/q;-1;+1. The molecule has 0 aliphatic rings. The Kier molecular flexibility index (Phi) is 9.67. The van der Waals surface area contributed by atoms with E-state index >= 15 is 0 Å². The maximum atomic E-state index is 10.4. The van der Waals surface area contributed by atoms with E-state index in [2.05, 4.69) is 0 Å². The van der Waals surface area contributed by atoms with Crippen molar-refractivity contribution in [3.8, 4) is 5.75 Å². The van der Waals surface area contributed by atoms with E-state index in [1.165, 1.54) is 12.1 Å². The van der Waals surface area contributed by atoms with Crippen LogP contribution in [0.4, 0.5) is 0 Å². The number of carbonyl (C=O) groups is 1. The monoisotopic (exact) mass is 274 g/mol. The largest absolute Gasteiger partial charge is 1.00 e. The molecule has 17 heavy (non-hydrogen) atoms. The summed E-state index contributed by atoms with van der Waals surface area (Å²) >= 11 is 11.0. The van der Waals surface area contributed by atoms with Gasteiger partial charge in [-0.1, -0.05) is 23.2 Å². The summed E-state index contributed by atoms with van der Waals surface area (Å²) in [6, 6.07) is 2.50. The second-order valence-corrected chi connectivity index (χ2v) is 3.17. The Morgan fingerprint density at radius 2 is 1.71 bits per heavy atom. The van der Waals surface area contributed by atoms with Gasteiger partial charge in [-0.2, -0.15) is 0 Å². The Morgan fingerprint density at radius 1 is 1.29 bits per heavy atom. The second-order valence-electron chi connectivity index (χ2n) is 2.39. The molecule has 1 aromatic carbocycles. The van der Waals surface area contributed by atoms with Gasteiger partial charge in [0, 0.05) is 0 Å². The fourth-order valence-electron chi connectivity index (χ4n) is 0.713. The molecule has 0 radical (unpaired) electrons. The van der Waals surface area contributed by atoms with Crippen LogP contribution in [0.2, 0.25) is 10.0 Å². The molecular weight excluding hydrogens is 269 g/mol. The number of hydrogen-bond donors (Lipinski definition) is 4. The topological polar surface area (TPSA) is 121 Å². The Morgan fingerprint density at radius 3 is 2.06 bits per heavy atom. The van der Waals surface area contributed by atoms with Crippen molar-refractivity contribution in [1.82, 2.24) is 0 Å². The third-order valence-corrected chi connectivity index (χ3v) is 2.09. The summed E-state index contributed by atoms with van der Waals surface area (Å²) < 4.78 is 0. The Balaban J connectivity index is 0. The van der Waals surface area contributed by atoms with Crippen LogP contribution in [-0.4, -0.2) is 33.6 Å². The summed E-state index contributed by atoms with van der Waals surface area (Å²) in [6.45, 7) is 0. The van der Waals surface area contributed by atoms with Crippen LogP contribution >= 0.6 is 23.2 Å². The third-order valence-electron chi connectivity index (χ3n) is 1.30. The average molecular weight is 275 g/mol. The molecule has 1 aromatic rings. The molecular formula is C7H6BCl2LiO6. The van der Waals surface area contributed by atoms with Crippen molar-refractivity contribution < 1.29 is 48.9 Å². The van der Waals surface area contributed by atoms with Crippen LogP contribution in [0.3, 0.4) is 0 Å². The fourth-order valence-corrected chi connectivity index (χ4v) is 1.03. The summed E-state index contributed by atoms with van der Waals surface area (Å²) in [4.78, 5) is 10.4. The van der Waals surface area contributed by atoms with Gasteiger partial charge in [-0.3, -0.25) is 0 Å². The van der Waals surface area contributed by atoms with Gasteiger partial charge in [-0.05, 0) is 12.1 Å². The van der Waals surface area contributed by atoms with Crippen molar-refractivity contribution in [2.24, 2.45) is 0 Å². The quantitative estimate of drug-likeness (QED) is 0.399. The molecule has 1 rings (SSSR count). The molecule has 0 saturated carbocycles. The molecule has 0 unspecified atom stereocenters. The van der Waals surface area contributed by atoms with Crippen LogP contribution in [0, 0.1) is 0 Å². The minimum absolute atomic E-state index is 0. The zero-order valence-electron chi connectivity index (χ0n) is 8.59. The minimum atomic E-state index is -2.42. The minimum Gasteiger partial charge on any atom is -0.832 e. The van der Waals surface area contributed by atoms with Gasteiger partial charge in [-0.25, -0.2) is 4.79 Å². The predicted octanol–water partition coefficient (Wildman–Crippen LogP) is -3.28. The molecule has 0 aliphatic carbocycles. The molecule has 0 bridgehead atoms. The van der Waals surface area contributed by atoms with Gasteiger partial charge in [0.2, 0.25) is 0 Å². The first-order valence-electron chi connectivity index (χ1n) is 3.69. The molecule has 0 saturated heterocycles. The van der Waals surface area contributed by atoms with Crippen molar-refractivity contribution in [3.63, 3.8) is 0 Å². The third kappa shape index (κ3) is 6.81. The van der Waals surface area contributed by atoms with Crippen molar-refractivity contribution in [1.29, 1.82) is 0 Å². The van der Waals surface area contributed by atoms with E-state index in [1.54, 1.807) is 0 Å². The first kappa shape index (κ1) is 19.0. The summed E-state index contributed by atoms with van der Waals surface area (Å²) in [6.07, 6.45) is 0. The summed E-state index contributed by atoms with van der Waals surface area (Å²) in [5.41, 5.74) is -0.260. The second kappa shape index (κ2) is 8.67. The van der Waals surface area contributed by atoms with Gasteiger partial charge >= 0.3 is 32.2 Å². The van der Waals surface area contributed by atoms with Gasteiger partial charge in [0.15, 0.2) is 0 Å². The molecule has 0 fully saturated rings. The first-order chi connectivity index (χ1) is 7.27. The van der Waals surface area contributed by atoms with E-state index < -0.39 is 19.0 Å². The number of hydrogen-bond acceptors (Lipinski definition) is 5. The molecule has 0 aromatic heterocycles. The predicted molar refractivity (Wildman–Crippen MR) is 55.3 cm³/mol. The number of rotatable bonds is 1. The van der Waals surface area contributed by atoms with E-state index in [4.69, 9.17) is 48.5 Å². The summed E-state index contributed by atoms with van der Waals surface area (Å²) in [7, 11) is -2.42. The van der Waals surface area contributed by atoms with Gasteiger partial charge in [0.1, 0.15) is 16.3 Å². The molecule has 88 valence electrons. The number of phenols is 1. The van der Waals surface area contributed by atoms with Gasteiger partial charge < -0.3 is 25.3 Å². The van der Waals surface area contributed by atoms with E-state index in [-0.39, 0.29) is 34.5 Å². The van der Waals surface area contributed by atoms with Crippen molar-refractivity contribution in [2.75, 3.05) is 0 Å². The van der Waals surface area contributed by atoms with E-state index in [1.807, 2.05) is 0 Å². The van der Waals surface area contributed by atoms with Crippen molar-refractivity contribution in [2.45, 2.75) is 0 Å². The zero-order chi connectivity index (χ0) is 12.9. The molecule has 6 nitrogen and oxygen atoms in total. The number of halogens is 2. The molecule has 0 amide bonds.